The fourth-order valence-electron chi connectivity index (χ4n) is 2.94. The van der Waals surface area contributed by atoms with E-state index in [0.29, 0.717) is 23.3 Å². The van der Waals surface area contributed by atoms with E-state index < -0.39 is 5.91 Å². The van der Waals surface area contributed by atoms with Gasteiger partial charge >= 0.3 is 0 Å². The van der Waals surface area contributed by atoms with E-state index in [4.69, 9.17) is 0 Å². The molecule has 2 rings (SSSR count). The van der Waals surface area contributed by atoms with Gasteiger partial charge in [-0.15, -0.1) is 0 Å². The largest absolute Gasteiger partial charge is 0.387 e. The summed E-state index contributed by atoms with van der Waals surface area (Å²) in [7, 11) is 0. The van der Waals surface area contributed by atoms with Crippen LogP contribution in [0.1, 0.15) is 39.5 Å². The quantitative estimate of drug-likeness (QED) is 0.567. The van der Waals surface area contributed by atoms with Crippen molar-refractivity contribution in [2.24, 2.45) is 5.92 Å². The van der Waals surface area contributed by atoms with Gasteiger partial charge in [0.05, 0.1) is 0 Å². The number of hydrogen-bond donors (Lipinski definition) is 3. The Morgan fingerprint density at radius 3 is 2.28 bits per heavy atom. The van der Waals surface area contributed by atoms with Crippen molar-refractivity contribution in [1.82, 2.24) is 5.32 Å². The van der Waals surface area contributed by atoms with Crippen LogP contribution in [0, 0.1) is 17.2 Å². The van der Waals surface area contributed by atoms with Gasteiger partial charge in [0, 0.05) is 30.5 Å². The van der Waals surface area contributed by atoms with Crippen LogP contribution in [-0.2, 0) is 9.59 Å². The van der Waals surface area contributed by atoms with Gasteiger partial charge in [0.1, 0.15) is 11.6 Å². The molecule has 1 aliphatic carbocycles. The van der Waals surface area contributed by atoms with Crippen LogP contribution in [0.4, 0.5) is 11.4 Å². The average molecular weight is 340 g/mol. The molecule has 0 heterocycles. The molecule has 0 aromatic heterocycles. The molecule has 2 unspecified atom stereocenters. The Labute approximate surface area is 148 Å². The Balaban J connectivity index is 1.96. The van der Waals surface area contributed by atoms with Gasteiger partial charge in [-0.3, -0.25) is 9.59 Å². The van der Waals surface area contributed by atoms with E-state index in [1.807, 2.05) is 6.07 Å². The van der Waals surface area contributed by atoms with Crippen LogP contribution in [-0.4, -0.2) is 17.9 Å². The first-order valence-corrected chi connectivity index (χ1v) is 8.55. The third-order valence-corrected chi connectivity index (χ3v) is 4.38. The second-order valence-corrected chi connectivity index (χ2v) is 6.42. The van der Waals surface area contributed by atoms with E-state index >= 15 is 0 Å². The molecule has 3 N–H and O–H groups in total. The van der Waals surface area contributed by atoms with Crippen LogP contribution in [0.3, 0.4) is 0 Å². The Bertz CT molecular complexity index is 688. The van der Waals surface area contributed by atoms with E-state index in [1.54, 1.807) is 24.3 Å². The maximum Gasteiger partial charge on any atom is 0.267 e. The molecule has 1 fully saturated rings. The molecule has 0 bridgehead atoms. The highest BCUT2D eigenvalue weighted by molar-refractivity contribution is 6.06. The van der Waals surface area contributed by atoms with Crippen LogP contribution in [0.2, 0.25) is 0 Å². The maximum atomic E-state index is 12.2. The zero-order chi connectivity index (χ0) is 18.2. The first kappa shape index (κ1) is 18.5. The van der Waals surface area contributed by atoms with Crippen molar-refractivity contribution in [3.8, 4) is 6.07 Å². The predicted molar refractivity (Wildman–Crippen MR) is 97.6 cm³/mol. The second kappa shape index (κ2) is 8.88. The number of carbonyl (C=O) groups excluding carboxylic acids is 2. The third-order valence-electron chi connectivity index (χ3n) is 4.38. The molecule has 1 aromatic carbocycles. The van der Waals surface area contributed by atoms with Crippen LogP contribution >= 0.6 is 0 Å². The molecule has 0 saturated heterocycles. The van der Waals surface area contributed by atoms with Crippen LogP contribution in [0.15, 0.2) is 36.0 Å². The highest BCUT2D eigenvalue weighted by atomic mass is 16.2. The summed E-state index contributed by atoms with van der Waals surface area (Å²) in [5, 5.41) is 17.8. The Morgan fingerprint density at radius 2 is 1.72 bits per heavy atom. The summed E-state index contributed by atoms with van der Waals surface area (Å²) in [6.45, 7) is 3.62. The highest BCUT2D eigenvalue weighted by Gasteiger charge is 2.20. The number of nitrogens with zero attached hydrogens (tertiary/aromatic N) is 1. The number of benzene rings is 1. The lowest BCUT2D eigenvalue weighted by Gasteiger charge is -2.29. The molecule has 132 valence electrons. The van der Waals surface area contributed by atoms with Gasteiger partial charge in [0.25, 0.3) is 5.91 Å². The molecule has 1 aromatic rings. The van der Waals surface area contributed by atoms with Crippen molar-refractivity contribution in [2.75, 3.05) is 10.6 Å². The molecule has 6 heteroatoms. The fourth-order valence-corrected chi connectivity index (χ4v) is 2.94. The summed E-state index contributed by atoms with van der Waals surface area (Å²) in [6, 6.07) is 8.98. The summed E-state index contributed by atoms with van der Waals surface area (Å²) in [4.78, 5) is 23.2. The Morgan fingerprint density at radius 1 is 1.12 bits per heavy atom. The van der Waals surface area contributed by atoms with Crippen molar-refractivity contribution >= 4 is 23.2 Å². The fraction of sp³-hybridized carbons (Fsp3) is 0.421. The molecule has 2 atom stereocenters. The smallest absolute Gasteiger partial charge is 0.267 e. The molecule has 1 saturated carbocycles. The Kier molecular flexibility index (Phi) is 6.58. The molecule has 0 spiro atoms. The van der Waals surface area contributed by atoms with Gasteiger partial charge in [-0.05, 0) is 43.0 Å². The van der Waals surface area contributed by atoms with Crippen LogP contribution in [0.25, 0.3) is 0 Å². The second-order valence-electron chi connectivity index (χ2n) is 6.42. The summed E-state index contributed by atoms with van der Waals surface area (Å²) in [6.07, 6.45) is 6.16. The molecular formula is C19H24N4O2. The number of rotatable bonds is 5. The minimum absolute atomic E-state index is 0.0451. The van der Waals surface area contributed by atoms with Crippen LogP contribution in [0.5, 0.6) is 0 Å². The molecule has 1 aliphatic rings. The van der Waals surface area contributed by atoms with Crippen molar-refractivity contribution in [3.63, 3.8) is 0 Å². The van der Waals surface area contributed by atoms with E-state index in [2.05, 4.69) is 22.9 Å². The number of anilines is 2. The summed E-state index contributed by atoms with van der Waals surface area (Å²) >= 11 is 0. The van der Waals surface area contributed by atoms with Gasteiger partial charge in [-0.1, -0.05) is 19.8 Å². The van der Waals surface area contributed by atoms with Gasteiger partial charge in [0.2, 0.25) is 5.91 Å². The van der Waals surface area contributed by atoms with E-state index in [0.717, 1.165) is 6.42 Å². The molecule has 25 heavy (non-hydrogen) atoms. The molecular weight excluding hydrogens is 316 g/mol. The predicted octanol–water partition coefficient (Wildman–Crippen LogP) is 3.16. The zero-order valence-electron chi connectivity index (χ0n) is 14.6. The number of amides is 2. The molecule has 0 radical (unpaired) electrons. The number of carbonyl (C=O) groups is 2. The van der Waals surface area contributed by atoms with Crippen molar-refractivity contribution in [2.45, 2.75) is 45.6 Å². The normalized spacial score (nSPS) is 20.3. The number of nitriles is 1. The standard InChI is InChI=1S/C19H24N4O2/c1-13-5-3-4-6-18(13)21-12-15(11-20)19(25)23-17-9-7-16(8-10-17)22-14(2)24/h7-10,12-13,18,21H,3-6H2,1-2H3,(H,22,24)(H,23,25)/b15-12-. The lowest BCUT2D eigenvalue weighted by atomic mass is 9.86. The monoisotopic (exact) mass is 340 g/mol. The number of hydrogen-bond acceptors (Lipinski definition) is 4. The number of nitrogens with one attached hydrogen (secondary N) is 3. The average Bonchev–Trinajstić information content (AvgIpc) is 2.58. The minimum Gasteiger partial charge on any atom is -0.387 e. The summed E-state index contributed by atoms with van der Waals surface area (Å²) in [5.41, 5.74) is 1.25. The molecule has 6 nitrogen and oxygen atoms in total. The minimum atomic E-state index is -0.453. The van der Waals surface area contributed by atoms with Crippen molar-refractivity contribution in [1.29, 1.82) is 5.26 Å². The van der Waals surface area contributed by atoms with Crippen molar-refractivity contribution < 1.29 is 9.59 Å². The summed E-state index contributed by atoms with van der Waals surface area (Å²) < 4.78 is 0. The third kappa shape index (κ3) is 5.64. The molecule has 0 aliphatic heterocycles. The van der Waals surface area contributed by atoms with Gasteiger partial charge in [-0.25, -0.2) is 0 Å². The van der Waals surface area contributed by atoms with E-state index in [1.165, 1.54) is 32.4 Å². The first-order chi connectivity index (χ1) is 12.0. The lowest BCUT2D eigenvalue weighted by Crippen LogP contribution is -2.34. The SMILES string of the molecule is CC(=O)Nc1ccc(NC(=O)/C(C#N)=C\NC2CCCCC2C)cc1. The first-order valence-electron chi connectivity index (χ1n) is 8.55. The zero-order valence-corrected chi connectivity index (χ0v) is 14.6. The summed E-state index contributed by atoms with van der Waals surface area (Å²) in [5.74, 6) is -0.0745. The van der Waals surface area contributed by atoms with E-state index in [-0.39, 0.29) is 11.5 Å². The Hall–Kier alpha value is -2.81. The highest BCUT2D eigenvalue weighted by Crippen LogP contribution is 2.23. The van der Waals surface area contributed by atoms with Gasteiger partial charge < -0.3 is 16.0 Å². The van der Waals surface area contributed by atoms with Gasteiger partial charge in [0.15, 0.2) is 0 Å². The van der Waals surface area contributed by atoms with Crippen LogP contribution < -0.4 is 16.0 Å². The lowest BCUT2D eigenvalue weighted by molar-refractivity contribution is -0.114. The maximum absolute atomic E-state index is 12.2. The van der Waals surface area contributed by atoms with Gasteiger partial charge in [-0.2, -0.15) is 5.26 Å². The topological polar surface area (TPSA) is 94.0 Å². The van der Waals surface area contributed by atoms with E-state index in [9.17, 15) is 14.9 Å². The van der Waals surface area contributed by atoms with Crippen molar-refractivity contribution in [3.05, 3.63) is 36.0 Å². The molecule has 2 amide bonds.